The second-order valence-electron chi connectivity index (χ2n) is 4.88. The third-order valence-electron chi connectivity index (χ3n) is 3.44. The van der Waals surface area contributed by atoms with Crippen LogP contribution in [-0.2, 0) is 4.74 Å². The Bertz CT molecular complexity index is 165. The molecule has 2 atom stereocenters. The van der Waals surface area contributed by atoms with Gasteiger partial charge in [-0.15, -0.1) is 0 Å². The van der Waals surface area contributed by atoms with Crippen LogP contribution in [0.15, 0.2) is 0 Å². The predicted octanol–water partition coefficient (Wildman–Crippen LogP) is 1.73. The average Bonchev–Trinajstić information content (AvgIpc) is 2.34. The van der Waals surface area contributed by atoms with Gasteiger partial charge in [-0.3, -0.25) is 0 Å². The maximum Gasteiger partial charge on any atom is 0.0506 e. The molecule has 0 aromatic rings. The number of hydrogen-bond donors (Lipinski definition) is 1. The zero-order chi connectivity index (χ0) is 11.8. The minimum absolute atomic E-state index is 0.585. The van der Waals surface area contributed by atoms with Crippen molar-refractivity contribution in [2.24, 2.45) is 5.92 Å². The summed E-state index contributed by atoms with van der Waals surface area (Å²) in [4.78, 5) is 2.47. The molecule has 0 aromatic carbocycles. The SMILES string of the molecule is CCN(CC)CC(C)NCC1CCCOC1. The molecule has 1 rings (SSSR count). The first-order chi connectivity index (χ1) is 7.76. The summed E-state index contributed by atoms with van der Waals surface area (Å²) in [6.07, 6.45) is 2.56. The van der Waals surface area contributed by atoms with Crippen LogP contribution in [0.1, 0.15) is 33.6 Å². The Kier molecular flexibility index (Phi) is 7.01. The minimum atomic E-state index is 0.585. The Morgan fingerprint density at radius 1 is 1.38 bits per heavy atom. The molecule has 3 nitrogen and oxygen atoms in total. The van der Waals surface area contributed by atoms with Crippen molar-refractivity contribution in [3.05, 3.63) is 0 Å². The van der Waals surface area contributed by atoms with Crippen LogP contribution in [0.25, 0.3) is 0 Å². The minimum Gasteiger partial charge on any atom is -0.381 e. The van der Waals surface area contributed by atoms with Gasteiger partial charge in [-0.2, -0.15) is 0 Å². The average molecular weight is 228 g/mol. The van der Waals surface area contributed by atoms with Gasteiger partial charge >= 0.3 is 0 Å². The van der Waals surface area contributed by atoms with Crippen LogP contribution in [0.5, 0.6) is 0 Å². The quantitative estimate of drug-likeness (QED) is 0.718. The molecule has 0 bridgehead atoms. The highest BCUT2D eigenvalue weighted by Crippen LogP contribution is 2.12. The van der Waals surface area contributed by atoms with Gasteiger partial charge in [-0.25, -0.2) is 0 Å². The van der Waals surface area contributed by atoms with Crippen LogP contribution in [0.4, 0.5) is 0 Å². The van der Waals surface area contributed by atoms with E-state index in [4.69, 9.17) is 4.74 Å². The summed E-state index contributed by atoms with van der Waals surface area (Å²) in [5.41, 5.74) is 0. The zero-order valence-electron chi connectivity index (χ0n) is 11.2. The lowest BCUT2D eigenvalue weighted by Crippen LogP contribution is -2.42. The van der Waals surface area contributed by atoms with Gasteiger partial charge in [0.1, 0.15) is 0 Å². The zero-order valence-corrected chi connectivity index (χ0v) is 11.2. The topological polar surface area (TPSA) is 24.5 Å². The number of rotatable bonds is 7. The molecule has 0 aliphatic carbocycles. The standard InChI is InChI=1S/C13H28N2O/c1-4-15(5-2)10-12(3)14-9-13-7-6-8-16-11-13/h12-14H,4-11H2,1-3H3. The summed E-state index contributed by atoms with van der Waals surface area (Å²) >= 11 is 0. The van der Waals surface area contributed by atoms with Crippen molar-refractivity contribution in [3.63, 3.8) is 0 Å². The molecule has 0 aromatic heterocycles. The van der Waals surface area contributed by atoms with Gasteiger partial charge in [0.25, 0.3) is 0 Å². The van der Waals surface area contributed by atoms with Gasteiger partial charge in [-0.05, 0) is 38.8 Å². The third kappa shape index (κ3) is 5.28. The fourth-order valence-electron chi connectivity index (χ4n) is 2.27. The van der Waals surface area contributed by atoms with E-state index < -0.39 is 0 Å². The van der Waals surface area contributed by atoms with Gasteiger partial charge in [0.15, 0.2) is 0 Å². The van der Waals surface area contributed by atoms with Gasteiger partial charge in [0.2, 0.25) is 0 Å². The fourth-order valence-corrected chi connectivity index (χ4v) is 2.27. The van der Waals surface area contributed by atoms with E-state index in [1.54, 1.807) is 0 Å². The second kappa shape index (κ2) is 8.04. The van der Waals surface area contributed by atoms with Crippen LogP contribution in [-0.4, -0.2) is 50.3 Å². The molecule has 0 radical (unpaired) electrons. The van der Waals surface area contributed by atoms with Gasteiger partial charge in [0.05, 0.1) is 6.61 Å². The number of likely N-dealkylation sites (N-methyl/N-ethyl adjacent to an activating group) is 1. The molecular weight excluding hydrogens is 200 g/mol. The molecule has 96 valence electrons. The van der Waals surface area contributed by atoms with Crippen LogP contribution >= 0.6 is 0 Å². The summed E-state index contributed by atoms with van der Waals surface area (Å²) in [7, 11) is 0. The number of nitrogens with one attached hydrogen (secondary N) is 1. The Morgan fingerprint density at radius 3 is 2.69 bits per heavy atom. The van der Waals surface area contributed by atoms with Gasteiger partial charge < -0.3 is 15.0 Å². The van der Waals surface area contributed by atoms with E-state index in [2.05, 4.69) is 31.0 Å². The summed E-state index contributed by atoms with van der Waals surface area (Å²) < 4.78 is 5.49. The van der Waals surface area contributed by atoms with Gasteiger partial charge in [-0.1, -0.05) is 13.8 Å². The molecule has 1 heterocycles. The summed E-state index contributed by atoms with van der Waals surface area (Å²) in [5, 5.41) is 3.63. The highest BCUT2D eigenvalue weighted by Gasteiger charge is 2.15. The van der Waals surface area contributed by atoms with E-state index in [0.29, 0.717) is 6.04 Å². The lowest BCUT2D eigenvalue weighted by atomic mass is 10.0. The molecule has 1 aliphatic heterocycles. The summed E-state index contributed by atoms with van der Waals surface area (Å²) in [6, 6.07) is 0.585. The Morgan fingerprint density at radius 2 is 2.12 bits per heavy atom. The summed E-state index contributed by atoms with van der Waals surface area (Å²) in [6.45, 7) is 13.2. The highest BCUT2D eigenvalue weighted by molar-refractivity contribution is 4.71. The van der Waals surface area contributed by atoms with Crippen molar-refractivity contribution in [2.75, 3.05) is 39.4 Å². The lowest BCUT2D eigenvalue weighted by Gasteiger charge is -2.27. The Labute approximate surface area is 101 Å². The fraction of sp³-hybridized carbons (Fsp3) is 1.00. The second-order valence-corrected chi connectivity index (χ2v) is 4.88. The number of hydrogen-bond acceptors (Lipinski definition) is 3. The van der Waals surface area contributed by atoms with E-state index in [9.17, 15) is 0 Å². The smallest absolute Gasteiger partial charge is 0.0506 e. The lowest BCUT2D eigenvalue weighted by molar-refractivity contribution is 0.0535. The normalized spacial score (nSPS) is 23.6. The molecule has 2 unspecified atom stereocenters. The first-order valence-electron chi connectivity index (χ1n) is 6.79. The third-order valence-corrected chi connectivity index (χ3v) is 3.44. The largest absolute Gasteiger partial charge is 0.381 e. The molecule has 1 fully saturated rings. The van der Waals surface area contributed by atoms with Crippen LogP contribution < -0.4 is 5.32 Å². The number of ether oxygens (including phenoxy) is 1. The van der Waals surface area contributed by atoms with Gasteiger partial charge in [0, 0.05) is 25.7 Å². The maximum absolute atomic E-state index is 5.49. The molecule has 0 spiro atoms. The molecule has 16 heavy (non-hydrogen) atoms. The van der Waals surface area contributed by atoms with E-state index >= 15 is 0 Å². The predicted molar refractivity (Wildman–Crippen MR) is 68.8 cm³/mol. The van der Waals surface area contributed by atoms with Crippen LogP contribution in [0, 0.1) is 5.92 Å². The van der Waals surface area contributed by atoms with Crippen molar-refractivity contribution in [1.29, 1.82) is 0 Å². The molecule has 3 heteroatoms. The molecule has 0 saturated carbocycles. The first-order valence-corrected chi connectivity index (χ1v) is 6.79. The van der Waals surface area contributed by atoms with Crippen molar-refractivity contribution in [1.82, 2.24) is 10.2 Å². The van der Waals surface area contributed by atoms with Crippen molar-refractivity contribution in [2.45, 2.75) is 39.7 Å². The van der Waals surface area contributed by atoms with E-state index in [0.717, 1.165) is 45.3 Å². The van der Waals surface area contributed by atoms with Crippen LogP contribution in [0.2, 0.25) is 0 Å². The molecular formula is C13H28N2O. The van der Waals surface area contributed by atoms with E-state index in [1.165, 1.54) is 12.8 Å². The monoisotopic (exact) mass is 228 g/mol. The molecule has 1 aliphatic rings. The Hall–Kier alpha value is -0.120. The molecule has 0 amide bonds. The van der Waals surface area contributed by atoms with E-state index in [-0.39, 0.29) is 0 Å². The number of nitrogens with zero attached hydrogens (tertiary/aromatic N) is 1. The van der Waals surface area contributed by atoms with Crippen molar-refractivity contribution >= 4 is 0 Å². The molecule has 1 saturated heterocycles. The van der Waals surface area contributed by atoms with E-state index in [1.807, 2.05) is 0 Å². The maximum atomic E-state index is 5.49. The Balaban J connectivity index is 2.10. The van der Waals surface area contributed by atoms with Crippen LogP contribution in [0.3, 0.4) is 0 Å². The van der Waals surface area contributed by atoms with Crippen molar-refractivity contribution in [3.8, 4) is 0 Å². The highest BCUT2D eigenvalue weighted by atomic mass is 16.5. The molecule has 1 N–H and O–H groups in total. The summed E-state index contributed by atoms with van der Waals surface area (Å²) in [5.74, 6) is 0.730. The first kappa shape index (κ1) is 13.9. The van der Waals surface area contributed by atoms with Crippen molar-refractivity contribution < 1.29 is 4.74 Å².